The first kappa shape index (κ1) is 21.4. The number of nitrogens with zero attached hydrogens (tertiary/aromatic N) is 3. The zero-order valence-corrected chi connectivity index (χ0v) is 18.7. The van der Waals surface area contributed by atoms with E-state index < -0.39 is 0 Å². The van der Waals surface area contributed by atoms with Crippen molar-refractivity contribution < 1.29 is 4.79 Å². The molecule has 4 aromatic rings. The Kier molecular flexibility index (Phi) is 6.41. The summed E-state index contributed by atoms with van der Waals surface area (Å²) in [5.41, 5.74) is 8.31. The van der Waals surface area contributed by atoms with E-state index in [0.717, 1.165) is 39.9 Å². The van der Waals surface area contributed by atoms with Crippen molar-refractivity contribution in [3.05, 3.63) is 119 Å². The molecule has 32 heavy (non-hydrogen) atoms. The normalized spacial score (nSPS) is 10.7. The fourth-order valence-electron chi connectivity index (χ4n) is 3.72. The first-order chi connectivity index (χ1) is 15.5. The Morgan fingerprint density at radius 1 is 0.812 bits per heavy atom. The number of amides is 1. The molecule has 2 aromatic heterocycles. The van der Waals surface area contributed by atoms with Crippen molar-refractivity contribution in [1.29, 1.82) is 0 Å². The van der Waals surface area contributed by atoms with E-state index in [0.29, 0.717) is 12.1 Å². The summed E-state index contributed by atoms with van der Waals surface area (Å²) in [4.78, 5) is 23.6. The van der Waals surface area contributed by atoms with Gasteiger partial charge in [-0.05, 0) is 78.4 Å². The molecule has 0 aliphatic carbocycles. The number of aromatic nitrogens is 2. The molecule has 0 aliphatic heterocycles. The number of benzene rings is 2. The van der Waals surface area contributed by atoms with E-state index in [1.165, 1.54) is 5.56 Å². The van der Waals surface area contributed by atoms with Crippen LogP contribution in [0.1, 0.15) is 38.3 Å². The first-order valence-electron chi connectivity index (χ1n) is 10.7. The van der Waals surface area contributed by atoms with Gasteiger partial charge in [-0.15, -0.1) is 0 Å². The molecule has 4 rings (SSSR count). The average Bonchev–Trinajstić information content (AvgIpc) is 2.81. The van der Waals surface area contributed by atoms with Crippen molar-refractivity contribution in [3.8, 4) is 11.1 Å². The van der Waals surface area contributed by atoms with Gasteiger partial charge in [0.25, 0.3) is 5.91 Å². The number of rotatable bonds is 6. The van der Waals surface area contributed by atoms with Crippen LogP contribution < -0.4 is 0 Å². The van der Waals surface area contributed by atoms with Crippen LogP contribution in [-0.2, 0) is 13.0 Å². The molecule has 0 N–H and O–H groups in total. The van der Waals surface area contributed by atoms with E-state index in [9.17, 15) is 4.79 Å². The Hall–Kier alpha value is -3.79. The minimum atomic E-state index is -0.000875. The van der Waals surface area contributed by atoms with Gasteiger partial charge in [0.15, 0.2) is 0 Å². The summed E-state index contributed by atoms with van der Waals surface area (Å²) in [5.74, 6) is -0.000875. The third kappa shape index (κ3) is 5.27. The first-order valence-corrected chi connectivity index (χ1v) is 10.7. The lowest BCUT2D eigenvalue weighted by Gasteiger charge is -2.19. The van der Waals surface area contributed by atoms with Crippen LogP contribution in [0.5, 0.6) is 0 Å². The van der Waals surface area contributed by atoms with Gasteiger partial charge in [0.1, 0.15) is 0 Å². The molecule has 0 spiro atoms. The standard InChI is InChI=1S/C28H27N3O/c1-20-4-8-25(9-5-20)26-15-24(14-23-7-6-21(2)30-18-23)16-27(17-26)28(32)31(3)19-22-10-12-29-13-11-22/h4-13,15-18H,14,19H2,1-3H3. The Morgan fingerprint density at radius 3 is 2.25 bits per heavy atom. The Balaban J connectivity index is 1.68. The summed E-state index contributed by atoms with van der Waals surface area (Å²) < 4.78 is 0. The number of carbonyl (C=O) groups excluding carboxylic acids is 1. The molecule has 1 amide bonds. The smallest absolute Gasteiger partial charge is 0.253 e. The molecular weight excluding hydrogens is 394 g/mol. The van der Waals surface area contributed by atoms with E-state index in [1.807, 2.05) is 50.5 Å². The van der Waals surface area contributed by atoms with Crippen molar-refractivity contribution in [3.63, 3.8) is 0 Å². The third-order valence-corrected chi connectivity index (χ3v) is 5.52. The quantitative estimate of drug-likeness (QED) is 0.406. The predicted molar refractivity (Wildman–Crippen MR) is 128 cm³/mol. The van der Waals surface area contributed by atoms with Crippen molar-refractivity contribution in [2.45, 2.75) is 26.8 Å². The van der Waals surface area contributed by atoms with E-state index in [1.54, 1.807) is 17.3 Å². The second-order valence-corrected chi connectivity index (χ2v) is 8.29. The van der Waals surface area contributed by atoms with Crippen LogP contribution in [0.25, 0.3) is 11.1 Å². The zero-order chi connectivity index (χ0) is 22.5. The van der Waals surface area contributed by atoms with Gasteiger partial charge in [0.05, 0.1) is 0 Å². The molecule has 160 valence electrons. The molecule has 0 radical (unpaired) electrons. The van der Waals surface area contributed by atoms with E-state index in [4.69, 9.17) is 0 Å². The number of carbonyl (C=O) groups is 1. The van der Waals surface area contributed by atoms with Crippen LogP contribution >= 0.6 is 0 Å². The molecule has 2 heterocycles. The highest BCUT2D eigenvalue weighted by molar-refractivity contribution is 5.95. The highest BCUT2D eigenvalue weighted by atomic mass is 16.2. The van der Waals surface area contributed by atoms with Crippen LogP contribution in [0.4, 0.5) is 0 Å². The fourth-order valence-corrected chi connectivity index (χ4v) is 3.72. The molecule has 0 bridgehead atoms. The number of aryl methyl sites for hydroxylation is 2. The Labute approximate surface area is 189 Å². The monoisotopic (exact) mass is 421 g/mol. The van der Waals surface area contributed by atoms with Gasteiger partial charge in [-0.25, -0.2) is 0 Å². The SMILES string of the molecule is Cc1ccc(-c2cc(Cc3ccc(C)nc3)cc(C(=O)N(C)Cc3ccncc3)c2)cc1. The molecule has 0 aliphatic rings. The minimum Gasteiger partial charge on any atom is -0.337 e. The van der Waals surface area contributed by atoms with Crippen molar-refractivity contribution in [1.82, 2.24) is 14.9 Å². The lowest BCUT2D eigenvalue weighted by Crippen LogP contribution is -2.26. The van der Waals surface area contributed by atoms with Crippen LogP contribution in [0.2, 0.25) is 0 Å². The average molecular weight is 422 g/mol. The van der Waals surface area contributed by atoms with Crippen molar-refractivity contribution in [2.75, 3.05) is 7.05 Å². The highest BCUT2D eigenvalue weighted by Crippen LogP contribution is 2.25. The number of hydrogen-bond donors (Lipinski definition) is 0. The van der Waals surface area contributed by atoms with Crippen molar-refractivity contribution in [2.24, 2.45) is 0 Å². The molecule has 0 fully saturated rings. The molecule has 0 atom stereocenters. The van der Waals surface area contributed by atoms with Crippen LogP contribution in [-0.4, -0.2) is 27.8 Å². The second-order valence-electron chi connectivity index (χ2n) is 8.29. The molecular formula is C28H27N3O. The predicted octanol–water partition coefficient (Wildman–Crippen LogP) is 5.62. The van der Waals surface area contributed by atoms with E-state index in [-0.39, 0.29) is 5.91 Å². The van der Waals surface area contributed by atoms with Gasteiger partial charge in [0.2, 0.25) is 0 Å². The summed E-state index contributed by atoms with van der Waals surface area (Å²) in [7, 11) is 1.84. The Bertz CT molecular complexity index is 1200. The third-order valence-electron chi connectivity index (χ3n) is 5.52. The van der Waals surface area contributed by atoms with Gasteiger partial charge in [-0.1, -0.05) is 42.0 Å². The lowest BCUT2D eigenvalue weighted by atomic mass is 9.95. The maximum absolute atomic E-state index is 13.3. The van der Waals surface area contributed by atoms with Gasteiger partial charge in [-0.2, -0.15) is 0 Å². The molecule has 0 saturated carbocycles. The number of pyridine rings is 2. The van der Waals surface area contributed by atoms with Crippen LogP contribution in [0.15, 0.2) is 85.3 Å². The van der Waals surface area contributed by atoms with Gasteiger partial charge >= 0.3 is 0 Å². The molecule has 4 heteroatoms. The fraction of sp³-hybridized carbons (Fsp3) is 0.179. The summed E-state index contributed by atoms with van der Waals surface area (Å²) in [6, 6.07) is 22.6. The van der Waals surface area contributed by atoms with Crippen LogP contribution in [0.3, 0.4) is 0 Å². The lowest BCUT2D eigenvalue weighted by molar-refractivity contribution is 0.0785. The largest absolute Gasteiger partial charge is 0.337 e. The van der Waals surface area contributed by atoms with Gasteiger partial charge in [0, 0.05) is 43.4 Å². The maximum Gasteiger partial charge on any atom is 0.253 e. The van der Waals surface area contributed by atoms with Crippen molar-refractivity contribution >= 4 is 5.91 Å². The van der Waals surface area contributed by atoms with E-state index >= 15 is 0 Å². The molecule has 0 saturated heterocycles. The van der Waals surface area contributed by atoms with Gasteiger partial charge < -0.3 is 4.90 Å². The van der Waals surface area contributed by atoms with Crippen LogP contribution in [0, 0.1) is 13.8 Å². The minimum absolute atomic E-state index is 0.000875. The Morgan fingerprint density at radius 2 is 1.56 bits per heavy atom. The highest BCUT2D eigenvalue weighted by Gasteiger charge is 2.15. The maximum atomic E-state index is 13.3. The molecule has 0 unspecified atom stereocenters. The van der Waals surface area contributed by atoms with E-state index in [2.05, 4.69) is 53.3 Å². The summed E-state index contributed by atoms with van der Waals surface area (Å²) in [5, 5.41) is 0. The summed E-state index contributed by atoms with van der Waals surface area (Å²) >= 11 is 0. The zero-order valence-electron chi connectivity index (χ0n) is 18.7. The van der Waals surface area contributed by atoms with Gasteiger partial charge in [-0.3, -0.25) is 14.8 Å². The summed E-state index contributed by atoms with van der Waals surface area (Å²) in [6.45, 7) is 4.60. The number of hydrogen-bond acceptors (Lipinski definition) is 3. The summed E-state index contributed by atoms with van der Waals surface area (Å²) in [6.07, 6.45) is 6.13. The molecule has 4 nitrogen and oxygen atoms in total. The topological polar surface area (TPSA) is 46.1 Å². The molecule has 2 aromatic carbocycles. The second kappa shape index (κ2) is 9.56.